The molecule has 2 rings (SSSR count). The van der Waals surface area contributed by atoms with Crippen LogP contribution in [0.3, 0.4) is 0 Å². The zero-order valence-electron chi connectivity index (χ0n) is 10.6. The minimum Gasteiger partial charge on any atom is -0.464 e. The van der Waals surface area contributed by atoms with Crippen LogP contribution in [0.1, 0.15) is 18.9 Å². The molecule has 1 N–H and O–H groups in total. The van der Waals surface area contributed by atoms with Gasteiger partial charge in [0.1, 0.15) is 5.58 Å². The zero-order valence-corrected chi connectivity index (χ0v) is 10.6. The first-order chi connectivity index (χ1) is 8.85. The zero-order chi connectivity index (χ0) is 12.8. The smallest absolute Gasteiger partial charge is 0.134 e. The number of hydrogen-bond acceptors (Lipinski definition) is 3. The van der Waals surface area contributed by atoms with Crippen LogP contribution < -0.4 is 5.32 Å². The van der Waals surface area contributed by atoms with Gasteiger partial charge in [0.25, 0.3) is 0 Å². The molecule has 1 aromatic heterocycles. The third-order valence-electron chi connectivity index (χ3n) is 3.20. The normalized spacial score (nSPS) is 12.4. The lowest BCUT2D eigenvalue weighted by molar-refractivity contribution is 0.552. The first-order valence-electron chi connectivity index (χ1n) is 6.40. The number of hydrogen-bond donors (Lipinski definition) is 1. The maximum Gasteiger partial charge on any atom is 0.134 e. The van der Waals surface area contributed by atoms with E-state index in [1.165, 1.54) is 10.9 Å². The van der Waals surface area contributed by atoms with Crippen molar-refractivity contribution in [1.82, 2.24) is 5.32 Å². The van der Waals surface area contributed by atoms with Crippen molar-refractivity contribution >= 4 is 11.0 Å². The van der Waals surface area contributed by atoms with Gasteiger partial charge in [0.15, 0.2) is 0 Å². The Labute approximate surface area is 107 Å². The van der Waals surface area contributed by atoms with E-state index in [-0.39, 0.29) is 5.92 Å². The summed E-state index contributed by atoms with van der Waals surface area (Å²) in [6, 6.07) is 10.4. The predicted molar refractivity (Wildman–Crippen MR) is 72.2 cm³/mol. The van der Waals surface area contributed by atoms with Crippen molar-refractivity contribution in [3.05, 3.63) is 36.1 Å². The summed E-state index contributed by atoms with van der Waals surface area (Å²) in [6.07, 6.45) is 3.66. The van der Waals surface area contributed by atoms with Gasteiger partial charge in [-0.1, -0.05) is 25.1 Å². The summed E-state index contributed by atoms with van der Waals surface area (Å²) in [4.78, 5) is 0. The van der Waals surface area contributed by atoms with Gasteiger partial charge < -0.3 is 9.73 Å². The molecular formula is C15H18N2O. The monoisotopic (exact) mass is 242 g/mol. The molecule has 3 heteroatoms. The molecule has 0 radical (unpaired) electrons. The number of benzene rings is 1. The van der Waals surface area contributed by atoms with E-state index in [0.29, 0.717) is 0 Å². The van der Waals surface area contributed by atoms with Gasteiger partial charge in [-0.15, -0.1) is 0 Å². The van der Waals surface area contributed by atoms with E-state index >= 15 is 0 Å². The van der Waals surface area contributed by atoms with Gasteiger partial charge in [0.05, 0.1) is 18.3 Å². The van der Waals surface area contributed by atoms with Crippen LogP contribution in [0.4, 0.5) is 0 Å². The molecular weight excluding hydrogens is 224 g/mol. The van der Waals surface area contributed by atoms with Crippen LogP contribution in [0, 0.1) is 17.2 Å². The minimum atomic E-state index is 0.117. The van der Waals surface area contributed by atoms with Gasteiger partial charge in [-0.05, 0) is 31.0 Å². The van der Waals surface area contributed by atoms with E-state index in [9.17, 15) is 0 Å². The summed E-state index contributed by atoms with van der Waals surface area (Å²) in [5, 5.41) is 13.4. The number of fused-ring (bicyclic) bond motifs is 1. The summed E-state index contributed by atoms with van der Waals surface area (Å²) in [7, 11) is 0. The van der Waals surface area contributed by atoms with Crippen LogP contribution >= 0.6 is 0 Å². The summed E-state index contributed by atoms with van der Waals surface area (Å²) in [5.41, 5.74) is 2.17. The van der Waals surface area contributed by atoms with Crippen LogP contribution in [-0.2, 0) is 6.42 Å². The van der Waals surface area contributed by atoms with Gasteiger partial charge in [0, 0.05) is 11.9 Å². The molecule has 18 heavy (non-hydrogen) atoms. The number of rotatable bonds is 6. The SMILES string of the molecule is CCC(C#N)CNCCc1coc2ccccc12. The van der Waals surface area contributed by atoms with E-state index in [1.54, 1.807) is 0 Å². The first-order valence-corrected chi connectivity index (χ1v) is 6.40. The molecule has 0 aliphatic carbocycles. The van der Waals surface area contributed by atoms with E-state index in [0.717, 1.165) is 31.5 Å². The number of nitrogens with one attached hydrogen (secondary N) is 1. The summed E-state index contributed by atoms with van der Waals surface area (Å²) in [5.74, 6) is 0.117. The Bertz CT molecular complexity index is 539. The lowest BCUT2D eigenvalue weighted by Gasteiger charge is -2.07. The largest absolute Gasteiger partial charge is 0.464 e. The van der Waals surface area contributed by atoms with E-state index < -0.39 is 0 Å². The Hall–Kier alpha value is -1.79. The van der Waals surface area contributed by atoms with Crippen LogP contribution in [0.5, 0.6) is 0 Å². The Kier molecular flexibility index (Phi) is 4.38. The quantitative estimate of drug-likeness (QED) is 0.792. The average Bonchev–Trinajstić information content (AvgIpc) is 2.82. The molecule has 0 fully saturated rings. The summed E-state index contributed by atoms with van der Waals surface area (Å²) < 4.78 is 5.49. The van der Waals surface area contributed by atoms with E-state index in [2.05, 4.69) is 17.5 Å². The van der Waals surface area contributed by atoms with Crippen LogP contribution in [-0.4, -0.2) is 13.1 Å². The maximum atomic E-state index is 8.85. The molecule has 0 aliphatic rings. The van der Waals surface area contributed by atoms with Crippen molar-refractivity contribution in [2.75, 3.05) is 13.1 Å². The number of para-hydroxylation sites is 1. The van der Waals surface area contributed by atoms with Crippen molar-refractivity contribution in [3.8, 4) is 6.07 Å². The molecule has 1 aromatic carbocycles. The van der Waals surface area contributed by atoms with Crippen LogP contribution in [0.25, 0.3) is 11.0 Å². The fraction of sp³-hybridized carbons (Fsp3) is 0.400. The molecule has 0 aliphatic heterocycles. The average molecular weight is 242 g/mol. The van der Waals surface area contributed by atoms with Crippen molar-refractivity contribution in [2.45, 2.75) is 19.8 Å². The lowest BCUT2D eigenvalue weighted by atomic mass is 10.1. The molecule has 3 nitrogen and oxygen atoms in total. The molecule has 1 unspecified atom stereocenters. The van der Waals surface area contributed by atoms with Gasteiger partial charge in [-0.25, -0.2) is 0 Å². The van der Waals surface area contributed by atoms with Crippen molar-refractivity contribution in [3.63, 3.8) is 0 Å². The fourth-order valence-electron chi connectivity index (χ4n) is 2.01. The molecule has 0 amide bonds. The summed E-state index contributed by atoms with van der Waals surface area (Å²) >= 11 is 0. The lowest BCUT2D eigenvalue weighted by Crippen LogP contribution is -2.23. The van der Waals surface area contributed by atoms with Crippen LogP contribution in [0.2, 0.25) is 0 Å². The molecule has 0 saturated carbocycles. The molecule has 0 saturated heterocycles. The Balaban J connectivity index is 1.86. The third-order valence-corrected chi connectivity index (χ3v) is 3.20. The standard InChI is InChI=1S/C15H18N2O/c1-2-12(9-16)10-17-8-7-13-11-18-15-6-4-3-5-14(13)15/h3-6,11-12,17H,2,7-8,10H2,1H3. The molecule has 1 heterocycles. The Morgan fingerprint density at radius 2 is 2.22 bits per heavy atom. The number of nitrogens with zero attached hydrogens (tertiary/aromatic N) is 1. The van der Waals surface area contributed by atoms with Gasteiger partial charge in [0.2, 0.25) is 0 Å². The van der Waals surface area contributed by atoms with Gasteiger partial charge >= 0.3 is 0 Å². The second-order valence-corrected chi connectivity index (χ2v) is 4.45. The van der Waals surface area contributed by atoms with Gasteiger partial charge in [-0.3, -0.25) is 0 Å². The van der Waals surface area contributed by atoms with E-state index in [1.807, 2.05) is 31.4 Å². The molecule has 0 spiro atoms. The third kappa shape index (κ3) is 2.91. The van der Waals surface area contributed by atoms with Crippen molar-refractivity contribution in [2.24, 2.45) is 5.92 Å². The number of nitriles is 1. The van der Waals surface area contributed by atoms with Crippen molar-refractivity contribution < 1.29 is 4.42 Å². The number of furan rings is 1. The van der Waals surface area contributed by atoms with Crippen molar-refractivity contribution in [1.29, 1.82) is 5.26 Å². The minimum absolute atomic E-state index is 0.117. The van der Waals surface area contributed by atoms with Gasteiger partial charge in [-0.2, -0.15) is 5.26 Å². The second kappa shape index (κ2) is 6.23. The topological polar surface area (TPSA) is 49.0 Å². The Morgan fingerprint density at radius 3 is 3.00 bits per heavy atom. The van der Waals surface area contributed by atoms with E-state index in [4.69, 9.17) is 9.68 Å². The summed E-state index contributed by atoms with van der Waals surface area (Å²) in [6.45, 7) is 3.68. The highest BCUT2D eigenvalue weighted by Crippen LogP contribution is 2.20. The highest BCUT2D eigenvalue weighted by molar-refractivity contribution is 5.80. The highest BCUT2D eigenvalue weighted by atomic mass is 16.3. The maximum absolute atomic E-state index is 8.85. The predicted octanol–water partition coefficient (Wildman–Crippen LogP) is 3.11. The molecule has 2 aromatic rings. The molecule has 1 atom stereocenters. The highest BCUT2D eigenvalue weighted by Gasteiger charge is 2.06. The molecule has 0 bridgehead atoms. The Morgan fingerprint density at radius 1 is 1.39 bits per heavy atom. The second-order valence-electron chi connectivity index (χ2n) is 4.45. The molecule has 94 valence electrons. The van der Waals surface area contributed by atoms with Crippen LogP contribution in [0.15, 0.2) is 34.9 Å². The fourth-order valence-corrected chi connectivity index (χ4v) is 2.01. The first kappa shape index (κ1) is 12.7.